The van der Waals surface area contributed by atoms with Crippen LogP contribution in [-0.4, -0.2) is 41.5 Å². The highest BCUT2D eigenvalue weighted by atomic mass is 16.5. The Kier molecular flexibility index (Phi) is 4.55. The highest BCUT2D eigenvalue weighted by molar-refractivity contribution is 5.94. The van der Waals surface area contributed by atoms with Gasteiger partial charge in [0.05, 0.1) is 12.5 Å². The van der Waals surface area contributed by atoms with Crippen molar-refractivity contribution in [3.8, 4) is 0 Å². The van der Waals surface area contributed by atoms with Gasteiger partial charge in [-0.1, -0.05) is 0 Å². The van der Waals surface area contributed by atoms with Gasteiger partial charge in [-0.15, -0.1) is 0 Å². The number of nitrogens with zero attached hydrogens (tertiary/aromatic N) is 1. The summed E-state index contributed by atoms with van der Waals surface area (Å²) < 4.78 is 4.99. The second-order valence-electron chi connectivity index (χ2n) is 4.76. The number of pyridine rings is 1. The van der Waals surface area contributed by atoms with Crippen LogP contribution in [0, 0.1) is 5.92 Å². The lowest BCUT2D eigenvalue weighted by atomic mass is 9.96. The Morgan fingerprint density at radius 3 is 2.70 bits per heavy atom. The van der Waals surface area contributed by atoms with E-state index in [-0.39, 0.29) is 23.4 Å². The zero-order chi connectivity index (χ0) is 14.5. The van der Waals surface area contributed by atoms with E-state index < -0.39 is 0 Å². The van der Waals surface area contributed by atoms with Crippen molar-refractivity contribution in [3.63, 3.8) is 0 Å². The number of piperidine rings is 1. The number of aromatic amines is 1. The summed E-state index contributed by atoms with van der Waals surface area (Å²) in [5, 5.41) is 0. The van der Waals surface area contributed by atoms with Crippen LogP contribution in [-0.2, 0) is 9.53 Å². The number of H-pyrrole nitrogens is 1. The molecule has 1 aliphatic rings. The zero-order valence-corrected chi connectivity index (χ0v) is 11.4. The van der Waals surface area contributed by atoms with Crippen LogP contribution in [0.25, 0.3) is 0 Å². The minimum Gasteiger partial charge on any atom is -0.466 e. The van der Waals surface area contributed by atoms with Crippen LogP contribution in [0.3, 0.4) is 0 Å². The van der Waals surface area contributed by atoms with E-state index in [9.17, 15) is 14.4 Å². The van der Waals surface area contributed by atoms with E-state index in [1.165, 1.54) is 12.3 Å². The Bertz CT molecular complexity index is 544. The minimum atomic E-state index is -0.294. The third-order valence-electron chi connectivity index (χ3n) is 3.42. The summed E-state index contributed by atoms with van der Waals surface area (Å²) >= 11 is 0. The van der Waals surface area contributed by atoms with Gasteiger partial charge < -0.3 is 14.6 Å². The largest absolute Gasteiger partial charge is 0.466 e. The summed E-state index contributed by atoms with van der Waals surface area (Å²) in [6.07, 6.45) is 2.67. The summed E-state index contributed by atoms with van der Waals surface area (Å²) in [5.41, 5.74) is 0.0839. The van der Waals surface area contributed by atoms with Crippen LogP contribution in [0.15, 0.2) is 23.1 Å². The number of carbonyl (C=O) groups is 2. The quantitative estimate of drug-likeness (QED) is 0.829. The molecule has 1 saturated heterocycles. The molecule has 0 atom stereocenters. The van der Waals surface area contributed by atoms with Crippen LogP contribution in [0.4, 0.5) is 0 Å². The molecule has 1 aromatic heterocycles. The molecule has 2 heterocycles. The molecule has 2 rings (SSSR count). The second kappa shape index (κ2) is 6.36. The van der Waals surface area contributed by atoms with Gasteiger partial charge in [0.25, 0.3) is 5.91 Å². The normalized spacial score (nSPS) is 15.9. The standard InChI is InChI=1S/C14H18N2O4/c1-2-20-14(19)10-4-7-16(8-5-10)13(18)11-3-6-15-12(17)9-11/h3,6,9-10H,2,4-5,7-8H2,1H3,(H,15,17). The van der Waals surface area contributed by atoms with E-state index in [0.717, 1.165) is 0 Å². The van der Waals surface area contributed by atoms with Crippen molar-refractivity contribution in [2.45, 2.75) is 19.8 Å². The molecule has 20 heavy (non-hydrogen) atoms. The summed E-state index contributed by atoms with van der Waals surface area (Å²) in [6.45, 7) is 3.18. The van der Waals surface area contributed by atoms with Crippen molar-refractivity contribution in [2.24, 2.45) is 5.92 Å². The van der Waals surface area contributed by atoms with Gasteiger partial charge >= 0.3 is 5.97 Å². The van der Waals surface area contributed by atoms with Crippen LogP contribution in [0.2, 0.25) is 0 Å². The lowest BCUT2D eigenvalue weighted by Gasteiger charge is -2.30. The molecular weight excluding hydrogens is 260 g/mol. The van der Waals surface area contributed by atoms with Crippen molar-refractivity contribution >= 4 is 11.9 Å². The average Bonchev–Trinajstić information content (AvgIpc) is 2.47. The molecule has 1 aliphatic heterocycles. The number of likely N-dealkylation sites (tertiary alicyclic amines) is 1. The van der Waals surface area contributed by atoms with Crippen molar-refractivity contribution in [1.82, 2.24) is 9.88 Å². The molecule has 1 aromatic rings. The molecular formula is C14H18N2O4. The molecule has 6 nitrogen and oxygen atoms in total. The van der Waals surface area contributed by atoms with Gasteiger partial charge in [0.2, 0.25) is 5.56 Å². The molecule has 0 spiro atoms. The number of carbonyl (C=O) groups excluding carboxylic acids is 2. The van der Waals surface area contributed by atoms with Crippen LogP contribution >= 0.6 is 0 Å². The summed E-state index contributed by atoms with van der Waals surface area (Å²) in [5.74, 6) is -0.479. The lowest BCUT2D eigenvalue weighted by molar-refractivity contribution is -0.149. The fraction of sp³-hybridized carbons (Fsp3) is 0.500. The number of hydrogen-bond acceptors (Lipinski definition) is 4. The fourth-order valence-electron chi connectivity index (χ4n) is 2.34. The number of aromatic nitrogens is 1. The highest BCUT2D eigenvalue weighted by Gasteiger charge is 2.28. The topological polar surface area (TPSA) is 79.5 Å². The maximum Gasteiger partial charge on any atom is 0.309 e. The van der Waals surface area contributed by atoms with Crippen LogP contribution in [0.5, 0.6) is 0 Å². The van der Waals surface area contributed by atoms with E-state index in [4.69, 9.17) is 4.74 Å². The monoisotopic (exact) mass is 278 g/mol. The van der Waals surface area contributed by atoms with Gasteiger partial charge in [-0.05, 0) is 25.8 Å². The van der Waals surface area contributed by atoms with Crippen molar-refractivity contribution in [3.05, 3.63) is 34.2 Å². The molecule has 1 N–H and O–H groups in total. The van der Waals surface area contributed by atoms with Gasteiger partial charge in [-0.2, -0.15) is 0 Å². The Balaban J connectivity index is 1.95. The number of ether oxygens (including phenoxy) is 1. The molecule has 1 amide bonds. The Morgan fingerprint density at radius 1 is 1.40 bits per heavy atom. The highest BCUT2D eigenvalue weighted by Crippen LogP contribution is 2.20. The molecule has 0 aromatic carbocycles. The van der Waals surface area contributed by atoms with E-state index in [2.05, 4.69) is 4.98 Å². The number of rotatable bonds is 3. The minimum absolute atomic E-state index is 0.127. The van der Waals surface area contributed by atoms with E-state index in [0.29, 0.717) is 38.1 Å². The van der Waals surface area contributed by atoms with E-state index in [1.807, 2.05) is 0 Å². The van der Waals surface area contributed by atoms with Crippen molar-refractivity contribution in [1.29, 1.82) is 0 Å². The first-order valence-corrected chi connectivity index (χ1v) is 6.76. The molecule has 0 saturated carbocycles. The second-order valence-corrected chi connectivity index (χ2v) is 4.76. The molecule has 108 valence electrons. The average molecular weight is 278 g/mol. The number of hydrogen-bond donors (Lipinski definition) is 1. The maximum absolute atomic E-state index is 12.2. The maximum atomic E-state index is 12.2. The van der Waals surface area contributed by atoms with Gasteiger partial charge in [0, 0.05) is 30.9 Å². The fourth-order valence-corrected chi connectivity index (χ4v) is 2.34. The first-order valence-electron chi connectivity index (χ1n) is 6.76. The number of esters is 1. The Labute approximate surface area is 116 Å². The zero-order valence-electron chi connectivity index (χ0n) is 11.4. The van der Waals surface area contributed by atoms with Crippen molar-refractivity contribution < 1.29 is 14.3 Å². The first kappa shape index (κ1) is 14.3. The summed E-state index contributed by atoms with van der Waals surface area (Å²) in [4.78, 5) is 39.2. The Morgan fingerprint density at radius 2 is 2.10 bits per heavy atom. The molecule has 0 bridgehead atoms. The predicted molar refractivity (Wildman–Crippen MR) is 72.3 cm³/mol. The molecule has 6 heteroatoms. The van der Waals surface area contributed by atoms with Crippen LogP contribution in [0.1, 0.15) is 30.1 Å². The van der Waals surface area contributed by atoms with Gasteiger partial charge in [0.15, 0.2) is 0 Å². The molecule has 0 radical (unpaired) electrons. The van der Waals surface area contributed by atoms with Gasteiger partial charge in [-0.25, -0.2) is 0 Å². The third kappa shape index (κ3) is 3.26. The number of amides is 1. The smallest absolute Gasteiger partial charge is 0.309 e. The SMILES string of the molecule is CCOC(=O)C1CCN(C(=O)c2cc[nH]c(=O)c2)CC1. The molecule has 0 aliphatic carbocycles. The predicted octanol–water partition coefficient (Wildman–Crippen LogP) is 0.790. The summed E-state index contributed by atoms with van der Waals surface area (Å²) in [7, 11) is 0. The van der Waals surface area contributed by atoms with Crippen LogP contribution < -0.4 is 5.56 Å². The Hall–Kier alpha value is -2.11. The molecule has 0 unspecified atom stereocenters. The van der Waals surface area contributed by atoms with Gasteiger partial charge in [-0.3, -0.25) is 14.4 Å². The summed E-state index contributed by atoms with van der Waals surface area (Å²) in [6, 6.07) is 2.88. The molecule has 1 fully saturated rings. The van der Waals surface area contributed by atoms with E-state index >= 15 is 0 Å². The third-order valence-corrected chi connectivity index (χ3v) is 3.42. The number of nitrogens with one attached hydrogen (secondary N) is 1. The van der Waals surface area contributed by atoms with Crippen molar-refractivity contribution in [2.75, 3.05) is 19.7 Å². The van der Waals surface area contributed by atoms with Gasteiger partial charge in [0.1, 0.15) is 0 Å². The lowest BCUT2D eigenvalue weighted by Crippen LogP contribution is -2.40. The van der Waals surface area contributed by atoms with E-state index in [1.54, 1.807) is 17.9 Å². The first-order chi connectivity index (χ1) is 9.61.